The van der Waals surface area contributed by atoms with Crippen LogP contribution in [0, 0.1) is 0 Å². The summed E-state index contributed by atoms with van der Waals surface area (Å²) in [5.74, 6) is 0. The Hall–Kier alpha value is -0.660. The third-order valence-electron chi connectivity index (χ3n) is 7.18. The second-order valence-electron chi connectivity index (χ2n) is 10.2. The molecular formula is C29H58N2. The van der Waals surface area contributed by atoms with Gasteiger partial charge in [-0.2, -0.15) is 0 Å². The summed E-state index contributed by atoms with van der Waals surface area (Å²) in [5, 5.41) is 0. The van der Waals surface area contributed by atoms with Crippen molar-refractivity contribution in [1.82, 2.24) is 9.80 Å². The molecule has 1 aliphatic heterocycles. The van der Waals surface area contributed by atoms with E-state index in [0.29, 0.717) is 6.17 Å². The van der Waals surface area contributed by atoms with Crippen LogP contribution < -0.4 is 0 Å². The lowest BCUT2D eigenvalue weighted by Crippen LogP contribution is -2.37. The second kappa shape index (κ2) is 21.2. The standard InChI is InChI=1S/C29H58N2/c1-4-6-8-10-12-14-16-18-20-22-24-26-31-28-27-30(3)29(31)25-23-21-19-17-15-13-11-9-7-5-2/h27-29H,4-26H2,1-3H3. The van der Waals surface area contributed by atoms with Crippen molar-refractivity contribution >= 4 is 0 Å². The predicted molar refractivity (Wildman–Crippen MR) is 140 cm³/mol. The van der Waals surface area contributed by atoms with Gasteiger partial charge in [0.15, 0.2) is 0 Å². The summed E-state index contributed by atoms with van der Waals surface area (Å²) in [6, 6.07) is 0. The van der Waals surface area contributed by atoms with Gasteiger partial charge in [-0.3, -0.25) is 0 Å². The minimum absolute atomic E-state index is 0.622. The van der Waals surface area contributed by atoms with Gasteiger partial charge in [-0.05, 0) is 19.3 Å². The molecule has 0 saturated carbocycles. The third kappa shape index (κ3) is 15.7. The first-order valence-corrected chi connectivity index (χ1v) is 14.5. The Kier molecular flexibility index (Phi) is 19.4. The van der Waals surface area contributed by atoms with Gasteiger partial charge in [0.25, 0.3) is 0 Å². The first-order chi connectivity index (χ1) is 15.3. The highest BCUT2D eigenvalue weighted by molar-refractivity contribution is 4.95. The van der Waals surface area contributed by atoms with Gasteiger partial charge in [0.1, 0.15) is 6.17 Å². The summed E-state index contributed by atoms with van der Waals surface area (Å²) in [4.78, 5) is 5.05. The Bertz CT molecular complexity index is 392. The van der Waals surface area contributed by atoms with Crippen LogP contribution in [0.5, 0.6) is 0 Å². The summed E-state index contributed by atoms with van der Waals surface area (Å²) in [5.41, 5.74) is 0. The molecule has 0 aromatic rings. The average Bonchev–Trinajstić information content (AvgIpc) is 3.12. The molecule has 0 spiro atoms. The molecule has 2 heteroatoms. The van der Waals surface area contributed by atoms with Gasteiger partial charge in [-0.25, -0.2) is 0 Å². The lowest BCUT2D eigenvalue weighted by molar-refractivity contribution is 0.159. The van der Waals surface area contributed by atoms with Crippen LogP contribution >= 0.6 is 0 Å². The van der Waals surface area contributed by atoms with Crippen LogP contribution in [0.4, 0.5) is 0 Å². The van der Waals surface area contributed by atoms with E-state index in [1.54, 1.807) is 0 Å². The number of nitrogens with zero attached hydrogens (tertiary/aromatic N) is 2. The molecule has 31 heavy (non-hydrogen) atoms. The minimum atomic E-state index is 0.622. The summed E-state index contributed by atoms with van der Waals surface area (Å²) in [6.07, 6.45) is 36.7. The van der Waals surface area contributed by atoms with Gasteiger partial charge in [0.05, 0.1) is 0 Å². The fourth-order valence-electron chi connectivity index (χ4n) is 4.99. The Morgan fingerprint density at radius 1 is 0.484 bits per heavy atom. The number of rotatable bonds is 23. The molecule has 1 heterocycles. The van der Waals surface area contributed by atoms with Crippen molar-refractivity contribution in [3.8, 4) is 0 Å². The molecule has 0 bridgehead atoms. The van der Waals surface area contributed by atoms with Gasteiger partial charge in [0, 0.05) is 26.0 Å². The van der Waals surface area contributed by atoms with E-state index in [2.05, 4.69) is 43.1 Å². The van der Waals surface area contributed by atoms with Crippen LogP contribution in [0.3, 0.4) is 0 Å². The van der Waals surface area contributed by atoms with Crippen molar-refractivity contribution < 1.29 is 0 Å². The van der Waals surface area contributed by atoms with Crippen molar-refractivity contribution in [2.75, 3.05) is 13.6 Å². The largest absolute Gasteiger partial charge is 0.359 e. The van der Waals surface area contributed by atoms with E-state index in [-0.39, 0.29) is 0 Å². The van der Waals surface area contributed by atoms with E-state index in [1.165, 1.54) is 148 Å². The molecule has 1 unspecified atom stereocenters. The maximum absolute atomic E-state index is 2.61. The summed E-state index contributed by atoms with van der Waals surface area (Å²) < 4.78 is 0. The predicted octanol–water partition coefficient (Wildman–Crippen LogP) is 9.65. The van der Waals surface area contributed by atoms with Gasteiger partial charge in [-0.1, -0.05) is 136 Å². The minimum Gasteiger partial charge on any atom is -0.359 e. The molecule has 1 aliphatic rings. The molecule has 0 radical (unpaired) electrons. The van der Waals surface area contributed by atoms with Crippen molar-refractivity contribution in [2.45, 2.75) is 161 Å². The summed E-state index contributed by atoms with van der Waals surface area (Å²) in [7, 11) is 2.26. The van der Waals surface area contributed by atoms with Crippen LogP contribution in [0.2, 0.25) is 0 Å². The van der Waals surface area contributed by atoms with Gasteiger partial charge in [0.2, 0.25) is 0 Å². The van der Waals surface area contributed by atoms with Crippen LogP contribution in [-0.4, -0.2) is 29.6 Å². The van der Waals surface area contributed by atoms with E-state index in [1.807, 2.05) is 0 Å². The molecule has 0 saturated heterocycles. The first-order valence-electron chi connectivity index (χ1n) is 14.5. The van der Waals surface area contributed by atoms with E-state index >= 15 is 0 Å². The van der Waals surface area contributed by atoms with E-state index in [4.69, 9.17) is 0 Å². The maximum atomic E-state index is 2.61. The fraction of sp³-hybridized carbons (Fsp3) is 0.931. The monoisotopic (exact) mass is 434 g/mol. The molecule has 0 aromatic carbocycles. The van der Waals surface area contributed by atoms with Gasteiger partial charge < -0.3 is 9.80 Å². The highest BCUT2D eigenvalue weighted by Gasteiger charge is 2.22. The Morgan fingerprint density at radius 3 is 1.32 bits per heavy atom. The lowest BCUT2D eigenvalue weighted by atomic mass is 10.0. The Balaban J connectivity index is 1.94. The van der Waals surface area contributed by atoms with Crippen molar-refractivity contribution in [1.29, 1.82) is 0 Å². The van der Waals surface area contributed by atoms with Crippen LogP contribution in [0.15, 0.2) is 12.4 Å². The summed E-state index contributed by atoms with van der Waals surface area (Å²) in [6.45, 7) is 5.85. The van der Waals surface area contributed by atoms with E-state index in [0.717, 1.165) is 0 Å². The number of hydrogen-bond donors (Lipinski definition) is 0. The molecule has 2 nitrogen and oxygen atoms in total. The Labute approximate surface area is 197 Å². The summed E-state index contributed by atoms with van der Waals surface area (Å²) >= 11 is 0. The van der Waals surface area contributed by atoms with Crippen molar-refractivity contribution in [3.05, 3.63) is 12.4 Å². The number of unbranched alkanes of at least 4 members (excludes halogenated alkanes) is 19. The second-order valence-corrected chi connectivity index (χ2v) is 10.2. The molecule has 0 fully saturated rings. The quantitative estimate of drug-likeness (QED) is 0.148. The first kappa shape index (κ1) is 28.4. The number of hydrogen-bond acceptors (Lipinski definition) is 2. The zero-order valence-corrected chi connectivity index (χ0v) is 21.9. The van der Waals surface area contributed by atoms with E-state index < -0.39 is 0 Å². The van der Waals surface area contributed by atoms with Crippen molar-refractivity contribution in [2.24, 2.45) is 0 Å². The lowest BCUT2D eigenvalue weighted by Gasteiger charge is -2.30. The molecule has 184 valence electrons. The topological polar surface area (TPSA) is 6.48 Å². The highest BCUT2D eigenvalue weighted by atomic mass is 15.4. The fourth-order valence-corrected chi connectivity index (χ4v) is 4.99. The average molecular weight is 435 g/mol. The van der Waals surface area contributed by atoms with E-state index in [9.17, 15) is 0 Å². The van der Waals surface area contributed by atoms with Crippen molar-refractivity contribution in [3.63, 3.8) is 0 Å². The molecule has 0 aliphatic carbocycles. The van der Waals surface area contributed by atoms with Crippen LogP contribution in [-0.2, 0) is 0 Å². The molecule has 1 rings (SSSR count). The SMILES string of the molecule is CCCCCCCCCCCCCN1C=CN(C)C1CCCCCCCCCCCC. The smallest absolute Gasteiger partial charge is 0.100 e. The van der Waals surface area contributed by atoms with Crippen LogP contribution in [0.25, 0.3) is 0 Å². The molecule has 0 amide bonds. The molecule has 0 aromatic heterocycles. The third-order valence-corrected chi connectivity index (χ3v) is 7.18. The van der Waals surface area contributed by atoms with Gasteiger partial charge >= 0.3 is 0 Å². The molecular weight excluding hydrogens is 376 g/mol. The Morgan fingerprint density at radius 2 is 0.871 bits per heavy atom. The van der Waals surface area contributed by atoms with Gasteiger partial charge in [-0.15, -0.1) is 0 Å². The zero-order chi connectivity index (χ0) is 22.4. The molecule has 1 atom stereocenters. The van der Waals surface area contributed by atoms with Crippen LogP contribution in [0.1, 0.15) is 155 Å². The maximum Gasteiger partial charge on any atom is 0.100 e. The highest BCUT2D eigenvalue weighted by Crippen LogP contribution is 2.21. The normalized spacial score (nSPS) is 16.0. The molecule has 0 N–H and O–H groups in total. The zero-order valence-electron chi connectivity index (χ0n) is 21.9.